The van der Waals surface area contributed by atoms with Crippen molar-refractivity contribution in [2.24, 2.45) is 29.1 Å². The number of phenolic OH excluding ortho intramolecular Hbond substituents is 3. The fourth-order valence-electron chi connectivity index (χ4n) is 7.33. The first kappa shape index (κ1) is 27.5. The lowest BCUT2D eigenvalue weighted by atomic mass is 9.46. The van der Waals surface area contributed by atoms with Crippen molar-refractivity contribution in [3.8, 4) is 17.2 Å². The van der Waals surface area contributed by atoms with Crippen LogP contribution in [0.4, 0.5) is 0 Å². The van der Waals surface area contributed by atoms with Crippen molar-refractivity contribution in [3.63, 3.8) is 0 Å². The van der Waals surface area contributed by atoms with Crippen LogP contribution in [-0.4, -0.2) is 49.3 Å². The second kappa shape index (κ2) is 9.40. The van der Waals surface area contributed by atoms with Crippen molar-refractivity contribution in [3.05, 3.63) is 16.7 Å². The van der Waals surface area contributed by atoms with Gasteiger partial charge < -0.3 is 25.5 Å². The summed E-state index contributed by atoms with van der Waals surface area (Å²) >= 11 is 0. The van der Waals surface area contributed by atoms with E-state index in [1.807, 2.05) is 34.6 Å². The van der Waals surface area contributed by atoms with E-state index >= 15 is 0 Å². The average Bonchev–Trinajstić information content (AvgIpc) is 2.72. The summed E-state index contributed by atoms with van der Waals surface area (Å²) in [4.78, 5) is 23.5. The molecule has 1 aromatic rings. The first-order valence-electron chi connectivity index (χ1n) is 12.8. The average molecular weight is 491 g/mol. The van der Waals surface area contributed by atoms with E-state index in [0.29, 0.717) is 38.3 Å². The number of rotatable bonds is 7. The van der Waals surface area contributed by atoms with Gasteiger partial charge in [0.2, 0.25) is 0 Å². The van der Waals surface area contributed by atoms with Gasteiger partial charge in [0.1, 0.15) is 17.2 Å². The molecule has 196 valence electrons. The van der Waals surface area contributed by atoms with Crippen LogP contribution in [0.5, 0.6) is 17.2 Å². The van der Waals surface area contributed by atoms with Crippen molar-refractivity contribution in [1.29, 1.82) is 0 Å². The zero-order chi connectivity index (χ0) is 26.5. The maximum Gasteiger partial charge on any atom is 0.157 e. The highest BCUT2D eigenvalue weighted by molar-refractivity contribution is 5.95. The fraction of sp³-hybridized carbons (Fsp3) is 0.714. The number of carbonyl (C=O) groups is 2. The number of aldehydes is 2. The Morgan fingerprint density at radius 1 is 0.971 bits per heavy atom. The molecule has 0 heterocycles. The van der Waals surface area contributed by atoms with E-state index in [9.17, 15) is 35.1 Å². The Morgan fingerprint density at radius 3 is 1.97 bits per heavy atom. The van der Waals surface area contributed by atoms with Crippen LogP contribution in [0, 0.1) is 29.1 Å². The second-order valence-corrected chi connectivity index (χ2v) is 12.4. The van der Waals surface area contributed by atoms with Crippen LogP contribution in [0.15, 0.2) is 0 Å². The van der Waals surface area contributed by atoms with E-state index in [0.717, 1.165) is 12.8 Å². The maximum atomic E-state index is 11.7. The number of hydrogen-bond donors (Lipinski definition) is 5. The van der Waals surface area contributed by atoms with Gasteiger partial charge in [-0.1, -0.05) is 20.8 Å². The molecule has 7 heteroatoms. The van der Waals surface area contributed by atoms with Crippen LogP contribution >= 0.6 is 0 Å². The smallest absolute Gasteiger partial charge is 0.157 e. The molecule has 0 spiro atoms. The van der Waals surface area contributed by atoms with E-state index < -0.39 is 45.5 Å². The van der Waals surface area contributed by atoms with Gasteiger partial charge in [0.05, 0.1) is 22.3 Å². The highest BCUT2D eigenvalue weighted by Gasteiger charge is 2.58. The largest absolute Gasteiger partial charge is 0.507 e. The van der Waals surface area contributed by atoms with Crippen molar-refractivity contribution < 1.29 is 35.1 Å². The third kappa shape index (κ3) is 4.69. The molecule has 6 atom stereocenters. The molecular formula is C28H42O7. The Bertz CT molecular complexity index is 939. The third-order valence-electron chi connectivity index (χ3n) is 9.25. The van der Waals surface area contributed by atoms with E-state index in [1.165, 1.54) is 0 Å². The summed E-state index contributed by atoms with van der Waals surface area (Å²) in [5, 5.41) is 54.7. The minimum absolute atomic E-state index is 0.0353. The molecule has 2 aliphatic rings. The van der Waals surface area contributed by atoms with Gasteiger partial charge in [-0.3, -0.25) is 9.59 Å². The quantitative estimate of drug-likeness (QED) is 0.343. The first-order chi connectivity index (χ1) is 16.1. The minimum atomic E-state index is -0.932. The van der Waals surface area contributed by atoms with Crippen LogP contribution in [-0.2, 0) is 0 Å². The summed E-state index contributed by atoms with van der Waals surface area (Å²) in [6, 6.07) is 0. The van der Waals surface area contributed by atoms with Gasteiger partial charge in [-0.25, -0.2) is 0 Å². The number of benzene rings is 1. The molecule has 3 rings (SSSR count). The summed E-state index contributed by atoms with van der Waals surface area (Å²) in [7, 11) is 0. The summed E-state index contributed by atoms with van der Waals surface area (Å²) in [5.74, 6) is -2.10. The Labute approximate surface area is 208 Å². The van der Waals surface area contributed by atoms with Crippen molar-refractivity contribution in [2.45, 2.75) is 97.2 Å². The summed E-state index contributed by atoms with van der Waals surface area (Å²) in [6.07, 6.45) is 4.53. The number of hydrogen-bond acceptors (Lipinski definition) is 7. The zero-order valence-corrected chi connectivity index (χ0v) is 21.8. The van der Waals surface area contributed by atoms with E-state index in [1.54, 1.807) is 0 Å². The molecule has 2 aliphatic carbocycles. The Balaban J connectivity index is 2.20. The molecule has 7 nitrogen and oxygen atoms in total. The SMILES string of the molecule is CC(C)CC(c1c(O)c(C=O)c(O)c(C=O)c1O)C1CC[C@@](C)(O)C2CC(C(C)(C)O)CC[C@@]12C. The zero-order valence-electron chi connectivity index (χ0n) is 21.8. The monoisotopic (exact) mass is 490 g/mol. The second-order valence-electron chi connectivity index (χ2n) is 12.4. The van der Waals surface area contributed by atoms with Crippen LogP contribution < -0.4 is 0 Å². The predicted molar refractivity (Wildman–Crippen MR) is 133 cm³/mol. The molecule has 0 aromatic heterocycles. The number of phenols is 3. The van der Waals surface area contributed by atoms with Gasteiger partial charge >= 0.3 is 0 Å². The molecule has 0 aliphatic heterocycles. The Morgan fingerprint density at radius 2 is 1.51 bits per heavy atom. The predicted octanol–water partition coefficient (Wildman–Crippen LogP) is 4.91. The van der Waals surface area contributed by atoms with Gasteiger partial charge in [0, 0.05) is 5.56 Å². The molecule has 2 saturated carbocycles. The molecule has 4 unspecified atom stereocenters. The number of aliphatic hydroxyl groups is 2. The van der Waals surface area contributed by atoms with Gasteiger partial charge in [-0.05, 0) is 94.3 Å². The number of aromatic hydroxyl groups is 3. The topological polar surface area (TPSA) is 135 Å². The van der Waals surface area contributed by atoms with Crippen molar-refractivity contribution in [1.82, 2.24) is 0 Å². The lowest BCUT2D eigenvalue weighted by Gasteiger charge is -2.60. The summed E-state index contributed by atoms with van der Waals surface area (Å²) in [6.45, 7) is 11.7. The molecule has 0 radical (unpaired) electrons. The van der Waals surface area contributed by atoms with E-state index in [4.69, 9.17) is 0 Å². The molecule has 0 saturated heterocycles. The van der Waals surface area contributed by atoms with E-state index in [-0.39, 0.29) is 34.7 Å². The number of fused-ring (bicyclic) bond motifs is 1. The first-order valence-corrected chi connectivity index (χ1v) is 12.8. The van der Waals surface area contributed by atoms with Crippen LogP contribution in [0.1, 0.15) is 112 Å². The summed E-state index contributed by atoms with van der Waals surface area (Å²) < 4.78 is 0. The molecule has 2 fully saturated rings. The lowest BCUT2D eigenvalue weighted by Crippen LogP contribution is -2.57. The fourth-order valence-corrected chi connectivity index (χ4v) is 7.33. The van der Waals surface area contributed by atoms with Crippen LogP contribution in [0.2, 0.25) is 0 Å². The minimum Gasteiger partial charge on any atom is -0.507 e. The number of carbonyl (C=O) groups excluding carboxylic acids is 2. The highest BCUT2D eigenvalue weighted by atomic mass is 16.3. The van der Waals surface area contributed by atoms with Gasteiger partial charge in [0.15, 0.2) is 12.6 Å². The molecule has 5 N–H and O–H groups in total. The van der Waals surface area contributed by atoms with Crippen molar-refractivity contribution >= 4 is 12.6 Å². The molecule has 0 amide bonds. The van der Waals surface area contributed by atoms with Gasteiger partial charge in [0.25, 0.3) is 0 Å². The Kier molecular flexibility index (Phi) is 7.37. The van der Waals surface area contributed by atoms with Gasteiger partial charge in [-0.2, -0.15) is 0 Å². The van der Waals surface area contributed by atoms with E-state index in [2.05, 4.69) is 6.92 Å². The standard InChI is InChI=1S/C28H42O7/c1-15(2)11-17(22-24(32)18(13-29)23(31)19(14-30)25(22)33)20-8-10-28(6,35)21-12-16(26(3,4)34)7-9-27(20,21)5/h13-17,20-21,31-35H,7-12H2,1-6H3/t16?,17?,20?,21?,27-,28+/m0/s1. The lowest BCUT2D eigenvalue weighted by molar-refractivity contribution is -0.171. The van der Waals surface area contributed by atoms with Gasteiger partial charge in [-0.15, -0.1) is 0 Å². The maximum absolute atomic E-state index is 11.7. The molecule has 0 bridgehead atoms. The van der Waals surface area contributed by atoms with Crippen LogP contribution in [0.25, 0.3) is 0 Å². The van der Waals surface area contributed by atoms with Crippen LogP contribution in [0.3, 0.4) is 0 Å². The molecular weight excluding hydrogens is 448 g/mol. The molecule has 1 aromatic carbocycles. The Hall–Kier alpha value is -2.12. The third-order valence-corrected chi connectivity index (χ3v) is 9.25. The summed E-state index contributed by atoms with van der Waals surface area (Å²) in [5.41, 5.74) is -2.85. The molecule has 35 heavy (non-hydrogen) atoms. The van der Waals surface area contributed by atoms with Crippen molar-refractivity contribution in [2.75, 3.05) is 0 Å². The highest BCUT2D eigenvalue weighted by Crippen LogP contribution is 2.64. The normalized spacial score (nSPS) is 32.2.